The number of hydrogen-bond acceptors (Lipinski definition) is 5. The van der Waals surface area contributed by atoms with Gasteiger partial charge in [0.15, 0.2) is 0 Å². The van der Waals surface area contributed by atoms with Crippen molar-refractivity contribution in [3.8, 4) is 11.1 Å². The molecular weight excluding hydrogens is 356 g/mol. The minimum atomic E-state index is -1.11. The number of benzene rings is 1. The lowest BCUT2D eigenvalue weighted by atomic mass is 9.89. The van der Waals surface area contributed by atoms with Crippen molar-refractivity contribution in [3.05, 3.63) is 48.7 Å². The number of nitrogens with zero attached hydrogens (tertiary/aromatic N) is 3. The van der Waals surface area contributed by atoms with Crippen LogP contribution < -0.4 is 10.6 Å². The van der Waals surface area contributed by atoms with E-state index in [2.05, 4.69) is 28.1 Å². The largest absolute Gasteiger partial charge is 0.465 e. The first-order valence-electron chi connectivity index (χ1n) is 9.52. The predicted octanol–water partition coefficient (Wildman–Crippen LogP) is 2.47. The number of aromatic nitrogens is 1. The van der Waals surface area contributed by atoms with Gasteiger partial charge in [0.2, 0.25) is 0 Å². The number of carbonyl (C=O) groups excluding carboxylic acids is 1. The van der Waals surface area contributed by atoms with E-state index in [-0.39, 0.29) is 25.0 Å². The van der Waals surface area contributed by atoms with E-state index in [9.17, 15) is 9.59 Å². The maximum atomic E-state index is 11.2. The summed E-state index contributed by atoms with van der Waals surface area (Å²) in [6.45, 7) is 1.69. The second-order valence-corrected chi connectivity index (χ2v) is 7.11. The van der Waals surface area contributed by atoms with Gasteiger partial charge >= 0.3 is 6.09 Å². The van der Waals surface area contributed by atoms with Crippen LogP contribution in [0.5, 0.6) is 0 Å². The molecule has 0 aliphatic carbocycles. The van der Waals surface area contributed by atoms with E-state index < -0.39 is 6.09 Å². The van der Waals surface area contributed by atoms with Crippen LogP contribution in [-0.2, 0) is 4.79 Å². The number of carboxylic acid groups (broad SMARTS) is 1. The van der Waals surface area contributed by atoms with Gasteiger partial charge in [0.1, 0.15) is 12.1 Å². The van der Waals surface area contributed by atoms with E-state index in [1.165, 1.54) is 0 Å². The average molecular weight is 382 g/mol. The first kappa shape index (κ1) is 19.8. The van der Waals surface area contributed by atoms with Gasteiger partial charge in [0.05, 0.1) is 6.54 Å². The fourth-order valence-corrected chi connectivity index (χ4v) is 3.68. The maximum absolute atomic E-state index is 11.2. The van der Waals surface area contributed by atoms with Crippen LogP contribution in [0.2, 0.25) is 0 Å². The first-order valence-corrected chi connectivity index (χ1v) is 9.52. The van der Waals surface area contributed by atoms with Crippen LogP contribution >= 0.6 is 0 Å². The highest BCUT2D eigenvalue weighted by molar-refractivity contribution is 5.69. The second-order valence-electron chi connectivity index (χ2n) is 7.11. The Kier molecular flexibility index (Phi) is 6.60. The van der Waals surface area contributed by atoms with Crippen molar-refractivity contribution in [3.63, 3.8) is 0 Å². The Hall–Kier alpha value is -2.93. The Balaban J connectivity index is 1.59. The summed E-state index contributed by atoms with van der Waals surface area (Å²) in [5.74, 6) is 1.17. The lowest BCUT2D eigenvalue weighted by Gasteiger charge is -2.36. The van der Waals surface area contributed by atoms with Crippen molar-refractivity contribution >= 4 is 18.2 Å². The SMILES string of the molecule is NC(CN(CC=O)C(=O)O)C1CCN(c2cc(-c3ccccc3)ccn2)CC1. The fourth-order valence-electron chi connectivity index (χ4n) is 3.68. The minimum Gasteiger partial charge on any atom is -0.465 e. The van der Waals surface area contributed by atoms with Crippen molar-refractivity contribution < 1.29 is 14.7 Å². The number of aldehydes is 1. The molecule has 1 unspecified atom stereocenters. The molecule has 0 radical (unpaired) electrons. The molecular formula is C21H26N4O3. The number of anilines is 1. The summed E-state index contributed by atoms with van der Waals surface area (Å²) in [5, 5.41) is 9.16. The maximum Gasteiger partial charge on any atom is 0.407 e. The Labute approximate surface area is 164 Å². The quantitative estimate of drug-likeness (QED) is 0.714. The van der Waals surface area contributed by atoms with E-state index >= 15 is 0 Å². The Morgan fingerprint density at radius 3 is 2.61 bits per heavy atom. The number of carbonyl (C=O) groups is 2. The predicted molar refractivity (Wildman–Crippen MR) is 108 cm³/mol. The molecule has 1 saturated heterocycles. The van der Waals surface area contributed by atoms with Gasteiger partial charge in [-0.1, -0.05) is 30.3 Å². The van der Waals surface area contributed by atoms with Crippen LogP contribution in [0.1, 0.15) is 12.8 Å². The number of nitrogens with two attached hydrogens (primary N) is 1. The first-order chi connectivity index (χ1) is 13.6. The fraction of sp³-hybridized carbons (Fsp3) is 0.381. The third-order valence-electron chi connectivity index (χ3n) is 5.32. The standard InChI is InChI=1S/C21H26N4O3/c22-19(15-25(12-13-26)21(27)28)17-7-10-24(11-8-17)20-14-18(6-9-23-20)16-4-2-1-3-5-16/h1-6,9,13-14,17,19H,7-8,10-12,15,22H2,(H,27,28). The van der Waals surface area contributed by atoms with Gasteiger partial charge < -0.3 is 20.5 Å². The van der Waals surface area contributed by atoms with Gasteiger partial charge in [0, 0.05) is 31.9 Å². The Bertz CT molecular complexity index is 791. The van der Waals surface area contributed by atoms with Crippen LogP contribution in [0.15, 0.2) is 48.7 Å². The zero-order valence-electron chi connectivity index (χ0n) is 15.8. The van der Waals surface area contributed by atoms with Crippen LogP contribution in [0.4, 0.5) is 10.6 Å². The highest BCUT2D eigenvalue weighted by atomic mass is 16.4. The molecule has 2 aromatic rings. The number of amides is 1. The molecule has 1 amide bonds. The molecule has 1 aliphatic rings. The third-order valence-corrected chi connectivity index (χ3v) is 5.32. The molecule has 148 valence electrons. The van der Waals surface area contributed by atoms with Gasteiger partial charge in [0.25, 0.3) is 0 Å². The summed E-state index contributed by atoms with van der Waals surface area (Å²) in [6.07, 6.45) is 3.05. The molecule has 1 atom stereocenters. The van der Waals surface area contributed by atoms with Crippen molar-refractivity contribution in [2.24, 2.45) is 11.7 Å². The lowest BCUT2D eigenvalue weighted by molar-refractivity contribution is -0.108. The summed E-state index contributed by atoms with van der Waals surface area (Å²) >= 11 is 0. The lowest BCUT2D eigenvalue weighted by Crippen LogP contribution is -2.48. The molecule has 7 nitrogen and oxygen atoms in total. The average Bonchev–Trinajstić information content (AvgIpc) is 2.74. The molecule has 1 aromatic carbocycles. The molecule has 28 heavy (non-hydrogen) atoms. The summed E-state index contributed by atoms with van der Waals surface area (Å²) in [6, 6.07) is 14.0. The number of pyridine rings is 1. The molecule has 0 bridgehead atoms. The van der Waals surface area contributed by atoms with Gasteiger partial charge in [-0.05, 0) is 42.0 Å². The molecule has 3 N–H and O–H groups in total. The second kappa shape index (κ2) is 9.32. The van der Waals surface area contributed by atoms with Crippen molar-refractivity contribution in [1.82, 2.24) is 9.88 Å². The highest BCUT2D eigenvalue weighted by Crippen LogP contribution is 2.27. The monoisotopic (exact) mass is 382 g/mol. The van der Waals surface area contributed by atoms with E-state index in [0.717, 1.165) is 47.8 Å². The summed E-state index contributed by atoms with van der Waals surface area (Å²) in [7, 11) is 0. The van der Waals surface area contributed by atoms with Crippen LogP contribution in [0.3, 0.4) is 0 Å². The molecule has 0 spiro atoms. The van der Waals surface area contributed by atoms with E-state index in [0.29, 0.717) is 6.29 Å². The number of hydrogen-bond donors (Lipinski definition) is 2. The topological polar surface area (TPSA) is 99.8 Å². The van der Waals surface area contributed by atoms with Gasteiger partial charge in [-0.25, -0.2) is 9.78 Å². The van der Waals surface area contributed by atoms with E-state index in [1.54, 1.807) is 0 Å². The number of rotatable bonds is 7. The van der Waals surface area contributed by atoms with Crippen LogP contribution in [0.25, 0.3) is 11.1 Å². The van der Waals surface area contributed by atoms with E-state index in [1.807, 2.05) is 30.5 Å². The van der Waals surface area contributed by atoms with Crippen LogP contribution in [-0.4, -0.2) is 59.6 Å². The van der Waals surface area contributed by atoms with Crippen molar-refractivity contribution in [1.29, 1.82) is 0 Å². The molecule has 2 heterocycles. The molecule has 1 fully saturated rings. The molecule has 3 rings (SSSR count). The summed E-state index contributed by atoms with van der Waals surface area (Å²) < 4.78 is 0. The molecule has 1 aromatic heterocycles. The molecule has 1 aliphatic heterocycles. The summed E-state index contributed by atoms with van der Waals surface area (Å²) in [5.41, 5.74) is 8.54. The Morgan fingerprint density at radius 1 is 1.25 bits per heavy atom. The van der Waals surface area contributed by atoms with Gasteiger partial charge in [-0.15, -0.1) is 0 Å². The summed E-state index contributed by atoms with van der Waals surface area (Å²) in [4.78, 5) is 29.7. The molecule has 0 saturated carbocycles. The Morgan fingerprint density at radius 2 is 1.96 bits per heavy atom. The zero-order valence-corrected chi connectivity index (χ0v) is 15.8. The minimum absolute atomic E-state index is 0.141. The van der Waals surface area contributed by atoms with Crippen molar-refractivity contribution in [2.75, 3.05) is 31.1 Å². The normalized spacial score (nSPS) is 15.8. The highest BCUT2D eigenvalue weighted by Gasteiger charge is 2.27. The van der Waals surface area contributed by atoms with Crippen LogP contribution in [0, 0.1) is 5.92 Å². The van der Waals surface area contributed by atoms with Crippen molar-refractivity contribution in [2.45, 2.75) is 18.9 Å². The number of piperidine rings is 1. The van der Waals surface area contributed by atoms with Gasteiger partial charge in [-0.3, -0.25) is 4.90 Å². The van der Waals surface area contributed by atoms with E-state index in [4.69, 9.17) is 10.8 Å². The van der Waals surface area contributed by atoms with Gasteiger partial charge in [-0.2, -0.15) is 0 Å². The molecule has 7 heteroatoms. The zero-order chi connectivity index (χ0) is 19.9. The smallest absolute Gasteiger partial charge is 0.407 e. The third kappa shape index (κ3) is 4.86.